The first-order valence-electron chi connectivity index (χ1n) is 11.9. The minimum Gasteiger partial charge on any atom is -0.456 e. The Hall–Kier alpha value is -2.82. The van der Waals surface area contributed by atoms with Gasteiger partial charge in [0.15, 0.2) is 0 Å². The third-order valence-corrected chi connectivity index (χ3v) is 6.50. The van der Waals surface area contributed by atoms with E-state index in [-0.39, 0.29) is 5.97 Å². The summed E-state index contributed by atoms with van der Waals surface area (Å²) in [7, 11) is 0. The first-order valence-corrected chi connectivity index (χ1v) is 12.7. The van der Waals surface area contributed by atoms with Gasteiger partial charge in [0.2, 0.25) is 0 Å². The number of benzene rings is 3. The summed E-state index contributed by atoms with van der Waals surface area (Å²) in [6.07, 6.45) is 3.05. The van der Waals surface area contributed by atoms with Crippen LogP contribution in [0.15, 0.2) is 60.7 Å². The Balaban J connectivity index is 1.65. The van der Waals surface area contributed by atoms with Crippen LogP contribution < -0.4 is 0 Å². The molecule has 0 unspecified atom stereocenters. The molecule has 4 nitrogen and oxygen atoms in total. The number of imidazole rings is 1. The fourth-order valence-corrected chi connectivity index (χ4v) is 4.41. The van der Waals surface area contributed by atoms with E-state index in [1.807, 2.05) is 69.3 Å². The van der Waals surface area contributed by atoms with Crippen molar-refractivity contribution in [3.8, 4) is 11.1 Å². The summed E-state index contributed by atoms with van der Waals surface area (Å²) < 4.78 is 7.83. The molecule has 0 radical (unpaired) electrons. The van der Waals surface area contributed by atoms with Crippen molar-refractivity contribution in [1.29, 1.82) is 0 Å². The molecule has 3 aromatic carbocycles. The van der Waals surface area contributed by atoms with Gasteiger partial charge in [-0.3, -0.25) is 0 Å². The third kappa shape index (κ3) is 5.88. The Bertz CT molecular complexity index is 1350. The number of aryl methyl sites for hydroxylation is 1. The van der Waals surface area contributed by atoms with Gasteiger partial charge in [-0.1, -0.05) is 79.0 Å². The van der Waals surface area contributed by atoms with Crippen molar-refractivity contribution >= 4 is 40.2 Å². The van der Waals surface area contributed by atoms with E-state index >= 15 is 0 Å². The van der Waals surface area contributed by atoms with E-state index in [1.165, 1.54) is 0 Å². The molecule has 6 heteroatoms. The zero-order valence-corrected chi connectivity index (χ0v) is 22.1. The maximum Gasteiger partial charge on any atom is 0.339 e. The summed E-state index contributed by atoms with van der Waals surface area (Å²) >= 11 is 12.6. The summed E-state index contributed by atoms with van der Waals surface area (Å²) in [6, 6.07) is 19.6. The van der Waals surface area contributed by atoms with E-state index in [1.54, 1.807) is 0 Å². The van der Waals surface area contributed by atoms with Gasteiger partial charge in [-0.05, 0) is 62.1 Å². The molecule has 0 bridgehead atoms. The van der Waals surface area contributed by atoms with Crippen LogP contribution in [0.25, 0.3) is 22.2 Å². The van der Waals surface area contributed by atoms with Gasteiger partial charge in [0.25, 0.3) is 0 Å². The topological polar surface area (TPSA) is 44.1 Å². The largest absolute Gasteiger partial charge is 0.456 e. The molecule has 0 amide bonds. The van der Waals surface area contributed by atoms with Gasteiger partial charge >= 0.3 is 5.97 Å². The molecule has 0 atom stereocenters. The van der Waals surface area contributed by atoms with Crippen LogP contribution in [0.5, 0.6) is 0 Å². The van der Waals surface area contributed by atoms with E-state index in [0.29, 0.717) is 22.2 Å². The van der Waals surface area contributed by atoms with Crippen molar-refractivity contribution in [3.63, 3.8) is 0 Å². The van der Waals surface area contributed by atoms with Crippen molar-refractivity contribution in [3.05, 3.63) is 87.7 Å². The first kappa shape index (κ1) is 25.3. The summed E-state index contributed by atoms with van der Waals surface area (Å²) in [5.41, 5.74) is 4.79. The molecular formula is C29H30Cl2N2O2. The van der Waals surface area contributed by atoms with Crippen LogP contribution in [0, 0.1) is 0 Å². The lowest BCUT2D eigenvalue weighted by Gasteiger charge is -2.20. The zero-order valence-electron chi connectivity index (χ0n) is 20.6. The summed E-state index contributed by atoms with van der Waals surface area (Å²) in [5, 5.41) is 1.04. The Morgan fingerprint density at radius 2 is 1.69 bits per heavy atom. The predicted molar refractivity (Wildman–Crippen MR) is 145 cm³/mol. The molecule has 0 saturated carbocycles. The molecule has 0 saturated heterocycles. The van der Waals surface area contributed by atoms with Crippen LogP contribution in [-0.4, -0.2) is 21.1 Å². The maximum absolute atomic E-state index is 12.8. The number of unbranched alkanes of at least 4 members (excludes halogenated alkanes) is 1. The van der Waals surface area contributed by atoms with Gasteiger partial charge in [-0.15, -0.1) is 0 Å². The molecule has 0 spiro atoms. The predicted octanol–water partition coefficient (Wildman–Crippen LogP) is 8.36. The standard InChI is InChI=1S/C29H30Cl2N2O2/c1-5-6-11-27-32-25-16-23(30)24(31)17-26(25)33(27)18-19-12-14-20(15-13-19)21-9-7-8-10-22(21)28(34)35-29(2,3)4/h7-10,12-17H,5-6,11,18H2,1-4H3. The van der Waals surface area contributed by atoms with Crippen molar-refractivity contribution in [2.75, 3.05) is 0 Å². The number of aromatic nitrogens is 2. The van der Waals surface area contributed by atoms with Crippen LogP contribution in [0.2, 0.25) is 10.0 Å². The van der Waals surface area contributed by atoms with Crippen LogP contribution in [0.4, 0.5) is 0 Å². The van der Waals surface area contributed by atoms with Crippen LogP contribution in [0.1, 0.15) is 62.3 Å². The van der Waals surface area contributed by atoms with E-state index in [9.17, 15) is 4.79 Å². The van der Waals surface area contributed by atoms with Gasteiger partial charge in [0, 0.05) is 13.0 Å². The molecule has 35 heavy (non-hydrogen) atoms. The minimum atomic E-state index is -0.551. The quantitative estimate of drug-likeness (QED) is 0.235. The van der Waals surface area contributed by atoms with E-state index < -0.39 is 5.60 Å². The van der Waals surface area contributed by atoms with Gasteiger partial charge in [-0.2, -0.15) is 0 Å². The number of carbonyl (C=O) groups is 1. The van der Waals surface area contributed by atoms with E-state index in [0.717, 1.165) is 52.8 Å². The van der Waals surface area contributed by atoms with Crippen molar-refractivity contribution < 1.29 is 9.53 Å². The number of rotatable bonds is 7. The Morgan fingerprint density at radius 3 is 2.37 bits per heavy atom. The molecule has 0 aliphatic carbocycles. The average Bonchev–Trinajstić information content (AvgIpc) is 3.13. The smallest absolute Gasteiger partial charge is 0.339 e. The molecule has 1 aromatic heterocycles. The van der Waals surface area contributed by atoms with Crippen LogP contribution >= 0.6 is 23.2 Å². The Morgan fingerprint density at radius 1 is 1.00 bits per heavy atom. The first-order chi connectivity index (χ1) is 16.7. The molecule has 0 aliphatic heterocycles. The number of hydrogen-bond acceptors (Lipinski definition) is 3. The van der Waals surface area contributed by atoms with Gasteiger partial charge in [0.1, 0.15) is 11.4 Å². The second-order valence-electron chi connectivity index (χ2n) is 9.72. The molecular weight excluding hydrogens is 479 g/mol. The lowest BCUT2D eigenvalue weighted by atomic mass is 9.98. The Labute approximate surface area is 216 Å². The summed E-state index contributed by atoms with van der Waals surface area (Å²) in [4.78, 5) is 17.6. The lowest BCUT2D eigenvalue weighted by Crippen LogP contribution is -2.24. The van der Waals surface area contributed by atoms with Crippen molar-refractivity contribution in [1.82, 2.24) is 9.55 Å². The second-order valence-corrected chi connectivity index (χ2v) is 10.5. The molecule has 1 heterocycles. The highest BCUT2D eigenvalue weighted by Gasteiger charge is 2.21. The number of carbonyl (C=O) groups excluding carboxylic acids is 1. The highest BCUT2D eigenvalue weighted by molar-refractivity contribution is 6.42. The average molecular weight is 509 g/mol. The highest BCUT2D eigenvalue weighted by atomic mass is 35.5. The molecule has 182 valence electrons. The van der Waals surface area contributed by atoms with Gasteiger partial charge in [0.05, 0.1) is 26.6 Å². The number of esters is 1. The fourth-order valence-electron chi connectivity index (χ4n) is 4.09. The van der Waals surface area contributed by atoms with Crippen molar-refractivity contribution in [2.24, 2.45) is 0 Å². The summed E-state index contributed by atoms with van der Waals surface area (Å²) in [6.45, 7) is 8.46. The summed E-state index contributed by atoms with van der Waals surface area (Å²) in [5.74, 6) is 0.706. The minimum absolute atomic E-state index is 0.321. The molecule has 0 N–H and O–H groups in total. The SMILES string of the molecule is CCCCc1nc2cc(Cl)c(Cl)cc2n1Cc1ccc(-c2ccccc2C(=O)OC(C)(C)C)cc1. The molecule has 4 rings (SSSR count). The van der Waals surface area contributed by atoms with Crippen molar-refractivity contribution in [2.45, 2.75) is 59.1 Å². The zero-order chi connectivity index (χ0) is 25.2. The van der Waals surface area contributed by atoms with Crippen LogP contribution in [-0.2, 0) is 17.7 Å². The maximum atomic E-state index is 12.8. The monoisotopic (exact) mass is 508 g/mol. The highest BCUT2D eigenvalue weighted by Crippen LogP contribution is 2.30. The van der Waals surface area contributed by atoms with Crippen LogP contribution in [0.3, 0.4) is 0 Å². The lowest BCUT2D eigenvalue weighted by molar-refractivity contribution is 0.00704. The molecule has 0 fully saturated rings. The van der Waals surface area contributed by atoms with E-state index in [2.05, 4.69) is 23.6 Å². The number of ether oxygens (including phenoxy) is 1. The number of hydrogen-bond donors (Lipinski definition) is 0. The van der Waals surface area contributed by atoms with Gasteiger partial charge in [-0.25, -0.2) is 9.78 Å². The second kappa shape index (κ2) is 10.4. The fraction of sp³-hybridized carbons (Fsp3) is 0.310. The normalized spacial score (nSPS) is 11.7. The molecule has 4 aromatic rings. The number of fused-ring (bicyclic) bond motifs is 1. The number of halogens is 2. The van der Waals surface area contributed by atoms with E-state index in [4.69, 9.17) is 32.9 Å². The number of nitrogens with zero attached hydrogens (tertiary/aromatic N) is 2. The Kier molecular flexibility index (Phi) is 7.53. The molecule has 0 aliphatic rings. The van der Waals surface area contributed by atoms with Gasteiger partial charge < -0.3 is 9.30 Å². The third-order valence-electron chi connectivity index (χ3n) is 5.77.